The number of aliphatic hydroxyl groups is 3. The van der Waals surface area contributed by atoms with Gasteiger partial charge in [0.2, 0.25) is 0 Å². The van der Waals surface area contributed by atoms with Crippen LogP contribution in [-0.4, -0.2) is 40.9 Å². The van der Waals surface area contributed by atoms with Gasteiger partial charge in [0.25, 0.3) is 0 Å². The average molecular weight is 148 g/mol. The summed E-state index contributed by atoms with van der Waals surface area (Å²) in [6, 6.07) is 0. The first-order valence-electron chi connectivity index (χ1n) is 2.99. The molecule has 0 bridgehead atoms. The van der Waals surface area contributed by atoms with Crippen molar-refractivity contribution < 1.29 is 20.1 Å². The molecule has 1 unspecified atom stereocenters. The predicted molar refractivity (Wildman–Crippen MR) is 34.3 cm³/mol. The Morgan fingerprint density at radius 1 is 1.50 bits per heavy atom. The van der Waals surface area contributed by atoms with E-state index < -0.39 is 24.7 Å². The van der Waals surface area contributed by atoms with Crippen LogP contribution in [-0.2, 0) is 4.79 Å². The van der Waals surface area contributed by atoms with E-state index in [9.17, 15) is 4.79 Å². The largest absolute Gasteiger partial charge is 0.395 e. The first-order valence-corrected chi connectivity index (χ1v) is 2.99. The van der Waals surface area contributed by atoms with Crippen LogP contribution in [0, 0.1) is 5.41 Å². The smallest absolute Gasteiger partial charge is 0.133 e. The minimum Gasteiger partial charge on any atom is -0.395 e. The first kappa shape index (κ1) is 9.55. The standard InChI is InChI=1S/C6H12O4/c1-5(10)6(2-7,3-8)4-9/h2,5,8-10H,3-4H2,1H3. The van der Waals surface area contributed by atoms with Gasteiger partial charge in [-0.05, 0) is 6.92 Å². The molecule has 0 aliphatic rings. The molecule has 0 spiro atoms. The lowest BCUT2D eigenvalue weighted by atomic mass is 9.86. The van der Waals surface area contributed by atoms with Crippen LogP contribution in [0.4, 0.5) is 0 Å². The average Bonchev–Trinajstić information content (AvgIpc) is 1.92. The number of hydrogen-bond acceptors (Lipinski definition) is 4. The van der Waals surface area contributed by atoms with Gasteiger partial charge in [-0.3, -0.25) is 0 Å². The van der Waals surface area contributed by atoms with Crippen molar-refractivity contribution in [3.8, 4) is 0 Å². The Morgan fingerprint density at radius 2 is 1.90 bits per heavy atom. The molecule has 0 rings (SSSR count). The predicted octanol–water partition coefficient (Wildman–Crippen LogP) is -1.46. The van der Waals surface area contributed by atoms with Crippen molar-refractivity contribution in [3.05, 3.63) is 0 Å². The highest BCUT2D eigenvalue weighted by Crippen LogP contribution is 2.16. The van der Waals surface area contributed by atoms with E-state index in [1.165, 1.54) is 6.92 Å². The van der Waals surface area contributed by atoms with Crippen molar-refractivity contribution in [2.75, 3.05) is 13.2 Å². The van der Waals surface area contributed by atoms with Gasteiger partial charge in [-0.15, -0.1) is 0 Å². The number of aldehydes is 1. The van der Waals surface area contributed by atoms with Gasteiger partial charge < -0.3 is 20.1 Å². The summed E-state index contributed by atoms with van der Waals surface area (Å²) < 4.78 is 0. The summed E-state index contributed by atoms with van der Waals surface area (Å²) in [4.78, 5) is 10.3. The van der Waals surface area contributed by atoms with Crippen LogP contribution < -0.4 is 0 Å². The van der Waals surface area contributed by atoms with Crippen molar-refractivity contribution >= 4 is 6.29 Å². The van der Waals surface area contributed by atoms with Gasteiger partial charge in [0, 0.05) is 0 Å². The summed E-state index contributed by atoms with van der Waals surface area (Å²) in [5.74, 6) is 0. The summed E-state index contributed by atoms with van der Waals surface area (Å²) in [7, 11) is 0. The van der Waals surface area contributed by atoms with Crippen molar-refractivity contribution in [1.29, 1.82) is 0 Å². The third-order valence-corrected chi connectivity index (χ3v) is 1.66. The highest BCUT2D eigenvalue weighted by molar-refractivity contribution is 5.60. The van der Waals surface area contributed by atoms with Crippen LogP contribution in [0.2, 0.25) is 0 Å². The third-order valence-electron chi connectivity index (χ3n) is 1.66. The van der Waals surface area contributed by atoms with Crippen LogP contribution in [0.25, 0.3) is 0 Å². The van der Waals surface area contributed by atoms with Gasteiger partial charge >= 0.3 is 0 Å². The molecule has 0 aliphatic heterocycles. The van der Waals surface area contributed by atoms with E-state index in [1.807, 2.05) is 0 Å². The van der Waals surface area contributed by atoms with Gasteiger partial charge in [-0.2, -0.15) is 0 Å². The SMILES string of the molecule is CC(O)C(C=O)(CO)CO. The Bertz CT molecular complexity index is 106. The Labute approximate surface area is 59.1 Å². The van der Waals surface area contributed by atoms with E-state index in [0.717, 1.165) is 0 Å². The molecule has 0 aromatic carbocycles. The van der Waals surface area contributed by atoms with Crippen LogP contribution in [0.1, 0.15) is 6.92 Å². The monoisotopic (exact) mass is 148 g/mol. The Morgan fingerprint density at radius 3 is 1.90 bits per heavy atom. The Kier molecular flexibility index (Phi) is 3.49. The molecular formula is C6H12O4. The molecule has 60 valence electrons. The van der Waals surface area contributed by atoms with Gasteiger partial charge in [-0.25, -0.2) is 0 Å². The van der Waals surface area contributed by atoms with Crippen molar-refractivity contribution in [2.24, 2.45) is 5.41 Å². The zero-order valence-electron chi connectivity index (χ0n) is 5.82. The van der Waals surface area contributed by atoms with E-state index in [2.05, 4.69) is 0 Å². The summed E-state index contributed by atoms with van der Waals surface area (Å²) in [5, 5.41) is 26.1. The van der Waals surface area contributed by atoms with Gasteiger partial charge in [0.1, 0.15) is 6.29 Å². The third kappa shape index (κ3) is 1.53. The van der Waals surface area contributed by atoms with E-state index in [-0.39, 0.29) is 0 Å². The number of carbonyl (C=O) groups excluding carboxylic acids is 1. The molecule has 1 atom stereocenters. The lowest BCUT2D eigenvalue weighted by molar-refractivity contribution is -0.129. The van der Waals surface area contributed by atoms with Gasteiger partial charge in [-0.1, -0.05) is 0 Å². The van der Waals surface area contributed by atoms with E-state index >= 15 is 0 Å². The van der Waals surface area contributed by atoms with E-state index in [0.29, 0.717) is 6.29 Å². The molecule has 0 heterocycles. The minimum absolute atomic E-state index is 0.373. The number of aliphatic hydroxyl groups excluding tert-OH is 3. The summed E-state index contributed by atoms with van der Waals surface area (Å²) >= 11 is 0. The number of hydrogen-bond donors (Lipinski definition) is 3. The zero-order chi connectivity index (χ0) is 8.20. The quantitative estimate of drug-likeness (QED) is 0.426. The van der Waals surface area contributed by atoms with E-state index in [1.54, 1.807) is 0 Å². The molecule has 10 heavy (non-hydrogen) atoms. The second-order valence-corrected chi connectivity index (χ2v) is 2.34. The van der Waals surface area contributed by atoms with Crippen LogP contribution in [0.5, 0.6) is 0 Å². The molecule has 4 nitrogen and oxygen atoms in total. The maximum absolute atomic E-state index is 10.3. The fraction of sp³-hybridized carbons (Fsp3) is 0.833. The van der Waals surface area contributed by atoms with Crippen LogP contribution in [0.3, 0.4) is 0 Å². The number of carbonyl (C=O) groups is 1. The molecule has 4 heteroatoms. The maximum Gasteiger partial charge on any atom is 0.133 e. The van der Waals surface area contributed by atoms with Crippen molar-refractivity contribution in [3.63, 3.8) is 0 Å². The highest BCUT2D eigenvalue weighted by Gasteiger charge is 2.33. The van der Waals surface area contributed by atoms with Crippen LogP contribution in [0.15, 0.2) is 0 Å². The molecular weight excluding hydrogens is 136 g/mol. The molecule has 0 saturated heterocycles. The molecule has 0 aromatic heterocycles. The topological polar surface area (TPSA) is 77.8 Å². The van der Waals surface area contributed by atoms with E-state index in [4.69, 9.17) is 15.3 Å². The molecule has 0 aromatic rings. The summed E-state index contributed by atoms with van der Waals surface area (Å²) in [5.41, 5.74) is -1.39. The van der Waals surface area contributed by atoms with Crippen molar-refractivity contribution in [2.45, 2.75) is 13.0 Å². The molecule has 0 aliphatic carbocycles. The number of rotatable bonds is 4. The lowest BCUT2D eigenvalue weighted by Crippen LogP contribution is -2.41. The van der Waals surface area contributed by atoms with Gasteiger partial charge in [0.15, 0.2) is 0 Å². The molecule has 0 radical (unpaired) electrons. The minimum atomic E-state index is -1.39. The lowest BCUT2D eigenvalue weighted by Gasteiger charge is -2.25. The second-order valence-electron chi connectivity index (χ2n) is 2.34. The Balaban J connectivity index is 4.30. The fourth-order valence-corrected chi connectivity index (χ4v) is 0.487. The van der Waals surface area contributed by atoms with Crippen LogP contribution >= 0.6 is 0 Å². The van der Waals surface area contributed by atoms with Crippen molar-refractivity contribution in [1.82, 2.24) is 0 Å². The molecule has 3 N–H and O–H groups in total. The second kappa shape index (κ2) is 3.65. The molecule has 0 amide bonds. The Hall–Kier alpha value is -0.450. The summed E-state index contributed by atoms with van der Waals surface area (Å²) in [6.45, 7) is 0.274. The molecule has 0 fully saturated rings. The zero-order valence-corrected chi connectivity index (χ0v) is 5.82. The maximum atomic E-state index is 10.3. The summed E-state index contributed by atoms with van der Waals surface area (Å²) in [6.07, 6.45) is -0.655. The molecule has 0 saturated carbocycles. The normalized spacial score (nSPS) is 14.8. The highest BCUT2D eigenvalue weighted by atomic mass is 16.3. The fourth-order valence-electron chi connectivity index (χ4n) is 0.487. The van der Waals surface area contributed by atoms with Gasteiger partial charge in [0.05, 0.1) is 24.7 Å². The first-order chi connectivity index (χ1) is 4.63.